The Labute approximate surface area is 173 Å². The van der Waals surface area contributed by atoms with Gasteiger partial charge in [0.2, 0.25) is 0 Å². The molecule has 150 valence electrons. The van der Waals surface area contributed by atoms with E-state index in [2.05, 4.69) is 10.6 Å². The maximum atomic E-state index is 13.2. The average Bonchev–Trinajstić information content (AvgIpc) is 2.72. The highest BCUT2D eigenvalue weighted by molar-refractivity contribution is 7.80. The van der Waals surface area contributed by atoms with E-state index in [-0.39, 0.29) is 11.6 Å². The van der Waals surface area contributed by atoms with Crippen molar-refractivity contribution in [2.45, 2.75) is 13.0 Å². The third-order valence-electron chi connectivity index (χ3n) is 4.77. The fraction of sp³-hybridized carbons (Fsp3) is 0.200. The lowest BCUT2D eigenvalue weighted by Gasteiger charge is -2.35. The number of nitro benzene ring substituents is 1. The van der Waals surface area contributed by atoms with Crippen molar-refractivity contribution in [3.8, 4) is 5.75 Å². The Bertz CT molecular complexity index is 1020. The molecular weight excluding hydrogens is 392 g/mol. The van der Waals surface area contributed by atoms with Crippen LogP contribution in [0.2, 0.25) is 0 Å². The number of hydrogen-bond acceptors (Lipinski definition) is 5. The highest BCUT2D eigenvalue weighted by Crippen LogP contribution is 2.33. The van der Waals surface area contributed by atoms with Gasteiger partial charge in [0.15, 0.2) is 5.11 Å². The van der Waals surface area contributed by atoms with Crippen LogP contribution in [0.25, 0.3) is 0 Å². The molecule has 0 fully saturated rings. The lowest BCUT2D eigenvalue weighted by Crippen LogP contribution is -2.46. The fourth-order valence-electron chi connectivity index (χ4n) is 3.14. The van der Waals surface area contributed by atoms with Gasteiger partial charge in [0.25, 0.3) is 11.6 Å². The van der Waals surface area contributed by atoms with E-state index in [4.69, 9.17) is 17.0 Å². The lowest BCUT2D eigenvalue weighted by molar-refractivity contribution is -0.384. The number of para-hydroxylation sites is 2. The highest BCUT2D eigenvalue weighted by Gasteiger charge is 2.33. The fourth-order valence-corrected chi connectivity index (χ4v) is 3.39. The van der Waals surface area contributed by atoms with Crippen molar-refractivity contribution < 1.29 is 14.5 Å². The molecule has 29 heavy (non-hydrogen) atoms. The van der Waals surface area contributed by atoms with Crippen LogP contribution >= 0.6 is 12.2 Å². The van der Waals surface area contributed by atoms with E-state index in [0.717, 1.165) is 0 Å². The maximum Gasteiger partial charge on any atom is 0.269 e. The normalized spacial score (nSPS) is 16.3. The molecule has 2 aromatic rings. The minimum Gasteiger partial charge on any atom is -0.495 e. The second-order valence-corrected chi connectivity index (χ2v) is 6.83. The summed E-state index contributed by atoms with van der Waals surface area (Å²) in [6.45, 7) is 1.79. The van der Waals surface area contributed by atoms with Crippen LogP contribution in [0, 0.1) is 10.1 Å². The summed E-state index contributed by atoms with van der Waals surface area (Å²) in [5.74, 6) is 0.170. The third-order valence-corrected chi connectivity index (χ3v) is 5.16. The smallest absolute Gasteiger partial charge is 0.269 e. The zero-order valence-corrected chi connectivity index (χ0v) is 16.9. The molecule has 1 heterocycles. The SMILES string of the molecule is COc1ccccc1NC(=O)C1=C(C)N(C)C(=S)N[C@@H]1c1cccc([N+](=O)[O-])c1. The number of methoxy groups -OCH3 is 1. The molecule has 2 N–H and O–H groups in total. The zero-order valence-electron chi connectivity index (χ0n) is 16.1. The minimum absolute atomic E-state index is 0.0590. The number of nitro groups is 1. The van der Waals surface area contributed by atoms with E-state index in [0.29, 0.717) is 33.4 Å². The molecule has 0 saturated carbocycles. The Morgan fingerprint density at radius 3 is 2.69 bits per heavy atom. The Hall–Kier alpha value is -3.46. The summed E-state index contributed by atoms with van der Waals surface area (Å²) < 4.78 is 5.30. The van der Waals surface area contributed by atoms with Crippen molar-refractivity contribution in [2.24, 2.45) is 0 Å². The third kappa shape index (κ3) is 4.04. The predicted octanol–water partition coefficient (Wildman–Crippen LogP) is 3.38. The van der Waals surface area contributed by atoms with Gasteiger partial charge in [0.05, 0.1) is 29.3 Å². The standard InChI is InChI=1S/C20H20N4O4S/c1-12-17(19(25)21-15-9-4-5-10-16(15)28-3)18(22-20(29)23(12)2)13-7-6-8-14(11-13)24(26)27/h4-11,18H,1-3H3,(H,21,25)(H,22,29)/t18-/m1/s1. The first kappa shape index (κ1) is 20.3. The second kappa shape index (κ2) is 8.27. The molecule has 0 radical (unpaired) electrons. The van der Waals surface area contributed by atoms with Gasteiger partial charge >= 0.3 is 0 Å². The number of hydrogen-bond donors (Lipinski definition) is 2. The van der Waals surface area contributed by atoms with Gasteiger partial charge in [0, 0.05) is 24.9 Å². The number of anilines is 1. The summed E-state index contributed by atoms with van der Waals surface area (Å²) in [7, 11) is 3.28. The molecule has 9 heteroatoms. The molecular formula is C20H20N4O4S. The van der Waals surface area contributed by atoms with Crippen LogP contribution in [-0.2, 0) is 4.79 Å². The molecule has 0 aromatic heterocycles. The van der Waals surface area contributed by atoms with E-state index >= 15 is 0 Å². The molecule has 3 rings (SSSR count). The molecule has 1 atom stereocenters. The van der Waals surface area contributed by atoms with Crippen LogP contribution in [-0.4, -0.2) is 35.0 Å². The summed E-state index contributed by atoms with van der Waals surface area (Å²) in [5, 5.41) is 17.6. The van der Waals surface area contributed by atoms with Crippen molar-refractivity contribution in [1.82, 2.24) is 10.2 Å². The molecule has 0 bridgehead atoms. The Kier molecular flexibility index (Phi) is 5.79. The molecule has 1 aliphatic rings. The molecule has 0 saturated heterocycles. The van der Waals surface area contributed by atoms with Crippen molar-refractivity contribution in [2.75, 3.05) is 19.5 Å². The van der Waals surface area contributed by atoms with Gasteiger partial charge in [-0.15, -0.1) is 0 Å². The van der Waals surface area contributed by atoms with E-state index in [1.54, 1.807) is 55.3 Å². The van der Waals surface area contributed by atoms with E-state index in [9.17, 15) is 14.9 Å². The van der Waals surface area contributed by atoms with Crippen molar-refractivity contribution in [3.63, 3.8) is 0 Å². The Morgan fingerprint density at radius 2 is 2.00 bits per heavy atom. The molecule has 2 aromatic carbocycles. The zero-order chi connectivity index (χ0) is 21.1. The number of nitrogens with zero attached hydrogens (tertiary/aromatic N) is 2. The van der Waals surface area contributed by atoms with Gasteiger partial charge in [-0.2, -0.15) is 0 Å². The van der Waals surface area contributed by atoms with Crippen molar-refractivity contribution in [3.05, 3.63) is 75.5 Å². The topological polar surface area (TPSA) is 96.7 Å². The van der Waals surface area contributed by atoms with Gasteiger partial charge < -0.3 is 20.3 Å². The summed E-state index contributed by atoms with van der Waals surface area (Å²) in [5.41, 5.74) is 2.09. The number of benzene rings is 2. The number of allylic oxidation sites excluding steroid dienone is 1. The van der Waals surface area contributed by atoms with Crippen molar-refractivity contribution >= 4 is 34.6 Å². The number of nitrogens with one attached hydrogen (secondary N) is 2. The van der Waals surface area contributed by atoms with Crippen LogP contribution < -0.4 is 15.4 Å². The van der Waals surface area contributed by atoms with Gasteiger partial charge in [0.1, 0.15) is 5.75 Å². The number of ether oxygens (including phenoxy) is 1. The van der Waals surface area contributed by atoms with Crippen LogP contribution in [0.15, 0.2) is 59.8 Å². The molecule has 1 amide bonds. The quantitative estimate of drug-likeness (QED) is 0.441. The van der Waals surface area contributed by atoms with E-state index in [1.807, 2.05) is 0 Å². The molecule has 0 unspecified atom stereocenters. The largest absolute Gasteiger partial charge is 0.495 e. The van der Waals surface area contributed by atoms with Gasteiger partial charge in [-0.1, -0.05) is 24.3 Å². The number of carbonyl (C=O) groups excluding carboxylic acids is 1. The molecule has 1 aliphatic heterocycles. The highest BCUT2D eigenvalue weighted by atomic mass is 32.1. The Balaban J connectivity index is 2.04. The first-order valence-electron chi connectivity index (χ1n) is 8.77. The monoisotopic (exact) mass is 412 g/mol. The van der Waals surface area contributed by atoms with Crippen LogP contribution in [0.3, 0.4) is 0 Å². The summed E-state index contributed by atoms with van der Waals surface area (Å²) >= 11 is 5.37. The first-order chi connectivity index (χ1) is 13.8. The summed E-state index contributed by atoms with van der Waals surface area (Å²) in [4.78, 5) is 25.6. The van der Waals surface area contributed by atoms with Crippen molar-refractivity contribution in [1.29, 1.82) is 0 Å². The number of thiocarbonyl (C=S) groups is 1. The summed E-state index contributed by atoms with van der Waals surface area (Å²) in [6, 6.07) is 12.6. The van der Waals surface area contributed by atoms with Crippen LogP contribution in [0.1, 0.15) is 18.5 Å². The number of carbonyl (C=O) groups is 1. The second-order valence-electron chi connectivity index (χ2n) is 6.45. The molecule has 8 nitrogen and oxygen atoms in total. The number of amides is 1. The van der Waals surface area contributed by atoms with Gasteiger partial charge in [-0.3, -0.25) is 14.9 Å². The maximum absolute atomic E-state index is 13.2. The van der Waals surface area contributed by atoms with Crippen LogP contribution in [0.4, 0.5) is 11.4 Å². The number of non-ortho nitro benzene ring substituents is 1. The minimum atomic E-state index is -0.631. The summed E-state index contributed by atoms with van der Waals surface area (Å²) in [6.07, 6.45) is 0. The predicted molar refractivity (Wildman–Crippen MR) is 114 cm³/mol. The Morgan fingerprint density at radius 1 is 1.28 bits per heavy atom. The van der Waals surface area contributed by atoms with Gasteiger partial charge in [-0.05, 0) is 36.8 Å². The van der Waals surface area contributed by atoms with E-state index < -0.39 is 11.0 Å². The van der Waals surface area contributed by atoms with Crippen LogP contribution in [0.5, 0.6) is 5.75 Å². The lowest BCUT2D eigenvalue weighted by atomic mass is 9.94. The van der Waals surface area contributed by atoms with E-state index in [1.165, 1.54) is 19.2 Å². The van der Waals surface area contributed by atoms with Gasteiger partial charge in [-0.25, -0.2) is 0 Å². The first-order valence-corrected chi connectivity index (χ1v) is 9.18. The molecule has 0 spiro atoms. The molecule has 0 aliphatic carbocycles. The average molecular weight is 412 g/mol. The number of rotatable bonds is 5.